The first kappa shape index (κ1) is 11.5. The van der Waals surface area contributed by atoms with Crippen LogP contribution in [-0.2, 0) is 4.74 Å². The minimum Gasteiger partial charge on any atom is -0.411 e. The van der Waals surface area contributed by atoms with Crippen molar-refractivity contribution >= 4 is 13.8 Å². The fourth-order valence-electron chi connectivity index (χ4n) is 1.58. The topological polar surface area (TPSA) is 41.8 Å². The van der Waals surface area contributed by atoms with Gasteiger partial charge in [0.25, 0.3) is 0 Å². The zero-order valence-corrected chi connectivity index (χ0v) is 10.4. The quantitative estimate of drug-likeness (QED) is 0.413. The number of nitrogens with zero attached hydrogens (tertiary/aromatic N) is 1. The van der Waals surface area contributed by atoms with Gasteiger partial charge in [-0.05, 0) is 12.5 Å². The first-order valence-electron chi connectivity index (χ1n) is 4.95. The molecule has 1 rings (SSSR count). The minimum absolute atomic E-state index is 0.0428. The average molecular weight is 213 g/mol. The number of hydrogen-bond acceptors (Lipinski definition) is 3. The van der Waals surface area contributed by atoms with E-state index in [-0.39, 0.29) is 6.10 Å². The predicted octanol–water partition coefficient (Wildman–Crippen LogP) is 2.43. The second-order valence-corrected chi connectivity index (χ2v) is 9.91. The Balaban J connectivity index is 2.73. The number of ether oxygens (including phenoxy) is 1. The van der Waals surface area contributed by atoms with Crippen LogP contribution in [0, 0.1) is 0 Å². The molecule has 1 fully saturated rings. The third-order valence-electron chi connectivity index (χ3n) is 2.16. The Morgan fingerprint density at radius 2 is 2.14 bits per heavy atom. The maximum Gasteiger partial charge on any atom is 0.0968 e. The molecule has 1 aliphatic rings. The predicted molar refractivity (Wildman–Crippen MR) is 60.7 cm³/mol. The summed E-state index contributed by atoms with van der Waals surface area (Å²) in [4.78, 5) is 0. The van der Waals surface area contributed by atoms with E-state index in [0.29, 0.717) is 6.61 Å². The van der Waals surface area contributed by atoms with Crippen LogP contribution >= 0.6 is 0 Å². The zero-order chi connectivity index (χ0) is 10.8. The van der Waals surface area contributed by atoms with Crippen LogP contribution in [0.25, 0.3) is 0 Å². The SMILES string of the molecule is C[C@@H]1OC/C(=C/[Si](C)(C)C)C/C1=N\O. The molecule has 0 saturated carbocycles. The van der Waals surface area contributed by atoms with Gasteiger partial charge in [0.15, 0.2) is 0 Å². The van der Waals surface area contributed by atoms with Crippen LogP contribution < -0.4 is 0 Å². The van der Waals surface area contributed by atoms with Gasteiger partial charge in [-0.1, -0.05) is 30.5 Å². The highest BCUT2D eigenvalue weighted by Crippen LogP contribution is 2.18. The highest BCUT2D eigenvalue weighted by molar-refractivity contribution is 6.81. The fraction of sp³-hybridized carbons (Fsp3) is 0.700. The van der Waals surface area contributed by atoms with E-state index in [1.807, 2.05) is 6.92 Å². The van der Waals surface area contributed by atoms with Crippen molar-refractivity contribution in [1.82, 2.24) is 0 Å². The molecule has 1 aliphatic heterocycles. The highest BCUT2D eigenvalue weighted by Gasteiger charge is 2.22. The number of oxime groups is 1. The van der Waals surface area contributed by atoms with Crippen molar-refractivity contribution < 1.29 is 9.94 Å². The summed E-state index contributed by atoms with van der Waals surface area (Å²) >= 11 is 0. The van der Waals surface area contributed by atoms with Crippen LogP contribution in [0.2, 0.25) is 19.6 Å². The molecule has 14 heavy (non-hydrogen) atoms. The summed E-state index contributed by atoms with van der Waals surface area (Å²) < 4.78 is 5.50. The van der Waals surface area contributed by atoms with E-state index >= 15 is 0 Å². The molecule has 0 bridgehead atoms. The van der Waals surface area contributed by atoms with E-state index in [4.69, 9.17) is 9.94 Å². The van der Waals surface area contributed by atoms with Gasteiger partial charge in [0, 0.05) is 6.42 Å². The Bertz CT molecular complexity index is 266. The Morgan fingerprint density at radius 1 is 1.50 bits per heavy atom. The molecular formula is C10H19NO2Si. The molecule has 4 heteroatoms. The van der Waals surface area contributed by atoms with Crippen LogP contribution in [0.1, 0.15) is 13.3 Å². The summed E-state index contributed by atoms with van der Waals surface area (Å²) in [6.07, 6.45) is 0.723. The van der Waals surface area contributed by atoms with Crippen molar-refractivity contribution in [2.75, 3.05) is 6.61 Å². The molecule has 1 saturated heterocycles. The largest absolute Gasteiger partial charge is 0.411 e. The molecule has 0 amide bonds. The summed E-state index contributed by atoms with van der Waals surface area (Å²) in [6.45, 7) is 9.46. The molecule has 1 atom stereocenters. The molecule has 1 N–H and O–H groups in total. The van der Waals surface area contributed by atoms with Crippen molar-refractivity contribution in [3.8, 4) is 0 Å². The van der Waals surface area contributed by atoms with E-state index in [9.17, 15) is 0 Å². The summed E-state index contributed by atoms with van der Waals surface area (Å²) in [7, 11) is -1.19. The minimum atomic E-state index is -1.19. The smallest absolute Gasteiger partial charge is 0.0968 e. The highest BCUT2D eigenvalue weighted by atomic mass is 28.3. The van der Waals surface area contributed by atoms with Crippen LogP contribution in [0.5, 0.6) is 0 Å². The summed E-state index contributed by atoms with van der Waals surface area (Å²) in [5.41, 5.74) is 4.32. The second kappa shape index (κ2) is 4.27. The van der Waals surface area contributed by atoms with Crippen LogP contribution in [-0.4, -0.2) is 31.7 Å². The van der Waals surface area contributed by atoms with Crippen LogP contribution in [0.3, 0.4) is 0 Å². The fourth-order valence-corrected chi connectivity index (χ4v) is 2.99. The molecule has 0 radical (unpaired) electrons. The first-order chi connectivity index (χ1) is 6.42. The Labute approximate surface area is 86.5 Å². The van der Waals surface area contributed by atoms with Crippen molar-refractivity contribution in [3.05, 3.63) is 11.3 Å². The third kappa shape index (κ3) is 3.27. The van der Waals surface area contributed by atoms with Gasteiger partial charge in [0.2, 0.25) is 0 Å². The van der Waals surface area contributed by atoms with Crippen molar-refractivity contribution in [3.63, 3.8) is 0 Å². The van der Waals surface area contributed by atoms with Crippen molar-refractivity contribution in [1.29, 1.82) is 0 Å². The van der Waals surface area contributed by atoms with Crippen LogP contribution in [0.4, 0.5) is 0 Å². The molecule has 0 spiro atoms. The standard InChI is InChI=1S/C10H19NO2Si/c1-8-10(11-12)5-9(6-13-8)7-14(2,3)4/h7-8,12H,5-6H2,1-4H3/b9-7+,11-10+/t8-/m0/s1. The molecule has 80 valence electrons. The van der Waals surface area contributed by atoms with Gasteiger partial charge in [-0.25, -0.2) is 0 Å². The van der Waals surface area contributed by atoms with Gasteiger partial charge in [-0.3, -0.25) is 0 Å². The lowest BCUT2D eigenvalue weighted by atomic mass is 10.0. The summed E-state index contributed by atoms with van der Waals surface area (Å²) in [5.74, 6) is 0. The normalized spacial score (nSPS) is 29.9. The lowest BCUT2D eigenvalue weighted by molar-refractivity contribution is 0.114. The Kier molecular flexibility index (Phi) is 3.50. The number of hydrogen-bond donors (Lipinski definition) is 1. The van der Waals surface area contributed by atoms with Gasteiger partial charge < -0.3 is 9.94 Å². The molecule has 0 unspecified atom stereocenters. The van der Waals surface area contributed by atoms with E-state index in [1.165, 1.54) is 5.57 Å². The Morgan fingerprint density at radius 3 is 2.64 bits per heavy atom. The molecule has 0 aliphatic carbocycles. The Hall–Kier alpha value is -0.613. The molecule has 0 aromatic rings. The molecule has 1 heterocycles. The van der Waals surface area contributed by atoms with Crippen LogP contribution in [0.15, 0.2) is 16.4 Å². The second-order valence-electron chi connectivity index (χ2n) is 4.89. The lowest BCUT2D eigenvalue weighted by Gasteiger charge is -2.24. The van der Waals surface area contributed by atoms with Gasteiger partial charge >= 0.3 is 0 Å². The molecular weight excluding hydrogens is 194 g/mol. The average Bonchev–Trinajstić information content (AvgIpc) is 2.06. The summed E-state index contributed by atoms with van der Waals surface area (Å²) in [5, 5.41) is 12.0. The lowest BCUT2D eigenvalue weighted by Crippen LogP contribution is -2.30. The van der Waals surface area contributed by atoms with E-state index in [2.05, 4.69) is 30.5 Å². The van der Waals surface area contributed by atoms with Gasteiger partial charge in [0.05, 0.1) is 26.5 Å². The van der Waals surface area contributed by atoms with Gasteiger partial charge in [-0.2, -0.15) is 0 Å². The summed E-state index contributed by atoms with van der Waals surface area (Å²) in [6, 6.07) is 0. The monoisotopic (exact) mass is 213 g/mol. The van der Waals surface area contributed by atoms with Gasteiger partial charge in [-0.15, -0.1) is 0 Å². The van der Waals surface area contributed by atoms with E-state index < -0.39 is 8.07 Å². The molecule has 3 nitrogen and oxygen atoms in total. The molecule has 0 aromatic heterocycles. The van der Waals surface area contributed by atoms with Crippen molar-refractivity contribution in [2.45, 2.75) is 39.1 Å². The van der Waals surface area contributed by atoms with E-state index in [1.54, 1.807) is 0 Å². The maximum absolute atomic E-state index is 8.77. The van der Waals surface area contributed by atoms with E-state index in [0.717, 1.165) is 12.1 Å². The van der Waals surface area contributed by atoms with Gasteiger partial charge in [0.1, 0.15) is 0 Å². The third-order valence-corrected chi connectivity index (χ3v) is 3.44. The zero-order valence-electron chi connectivity index (χ0n) is 9.37. The number of rotatable bonds is 1. The first-order valence-corrected chi connectivity index (χ1v) is 8.53. The molecule has 0 aromatic carbocycles. The maximum atomic E-state index is 8.77. The van der Waals surface area contributed by atoms with Crippen molar-refractivity contribution in [2.24, 2.45) is 5.16 Å².